The monoisotopic (exact) mass is 497 g/mol. The van der Waals surface area contributed by atoms with Crippen molar-refractivity contribution in [2.75, 3.05) is 30.1 Å². The van der Waals surface area contributed by atoms with Gasteiger partial charge in [-0.25, -0.2) is 8.42 Å². The first-order valence-electron chi connectivity index (χ1n) is 10.6. The average Bonchev–Trinajstić information content (AvgIpc) is 3.13. The van der Waals surface area contributed by atoms with Gasteiger partial charge in [-0.3, -0.25) is 9.59 Å². The third-order valence-electron chi connectivity index (χ3n) is 5.46. The number of carbonyl (C=O) groups excluding carboxylic acids is 2. The number of benzene rings is 2. The fraction of sp³-hybridized carbons (Fsp3) is 0.292. The lowest BCUT2D eigenvalue weighted by Gasteiger charge is -2.29. The van der Waals surface area contributed by atoms with Crippen LogP contribution in [0.4, 0.5) is 5.69 Å². The van der Waals surface area contributed by atoms with Gasteiger partial charge < -0.3 is 14.2 Å². The molecule has 10 heteroatoms. The van der Waals surface area contributed by atoms with Crippen molar-refractivity contribution in [2.45, 2.75) is 19.4 Å². The lowest BCUT2D eigenvalue weighted by Crippen LogP contribution is -2.40. The van der Waals surface area contributed by atoms with E-state index in [4.69, 9.17) is 11.2 Å². The number of fused-ring (bicyclic) bond motifs is 2. The van der Waals surface area contributed by atoms with Gasteiger partial charge in [0.15, 0.2) is 14.6 Å². The Bertz CT molecular complexity index is 1480. The molecule has 8 nitrogen and oxygen atoms in total. The number of sulfone groups is 1. The second-order valence-electron chi connectivity index (χ2n) is 7.82. The van der Waals surface area contributed by atoms with Crippen LogP contribution in [0.15, 0.2) is 47.5 Å². The van der Waals surface area contributed by atoms with Crippen LogP contribution in [0.25, 0.3) is 10.2 Å². The smallest absolute Gasteiger partial charge is 0.263 e. The summed E-state index contributed by atoms with van der Waals surface area (Å²) in [5.41, 5.74) is 2.49. The number of thiazole rings is 1. The van der Waals surface area contributed by atoms with Gasteiger partial charge in [0.1, 0.15) is 17.3 Å². The normalized spacial score (nSPS) is 14.0. The maximum absolute atomic E-state index is 12.8. The number of aryl methyl sites for hydroxylation is 1. The van der Waals surface area contributed by atoms with Crippen molar-refractivity contribution in [1.82, 2.24) is 4.57 Å². The zero-order valence-electron chi connectivity index (χ0n) is 18.6. The molecule has 0 fully saturated rings. The predicted molar refractivity (Wildman–Crippen MR) is 132 cm³/mol. The zero-order chi connectivity index (χ0) is 24.3. The molecule has 3 aromatic rings. The van der Waals surface area contributed by atoms with Gasteiger partial charge in [-0.15, -0.1) is 6.42 Å². The lowest BCUT2D eigenvalue weighted by molar-refractivity contribution is -0.116. The van der Waals surface area contributed by atoms with Crippen molar-refractivity contribution in [2.24, 2.45) is 4.99 Å². The van der Waals surface area contributed by atoms with Gasteiger partial charge in [0, 0.05) is 12.2 Å². The topological polar surface area (TPSA) is 98.0 Å². The van der Waals surface area contributed by atoms with Crippen molar-refractivity contribution in [3.05, 3.63) is 52.8 Å². The maximum Gasteiger partial charge on any atom is 0.263 e. The van der Waals surface area contributed by atoms with E-state index in [2.05, 4.69) is 10.9 Å². The van der Waals surface area contributed by atoms with Crippen molar-refractivity contribution in [3.63, 3.8) is 0 Å². The van der Waals surface area contributed by atoms with E-state index in [-0.39, 0.29) is 11.3 Å². The Labute approximate surface area is 201 Å². The van der Waals surface area contributed by atoms with Crippen molar-refractivity contribution in [1.29, 1.82) is 0 Å². The number of aromatic nitrogens is 1. The SMILES string of the molecule is C#CCn1c(=NC(=O)CS(=O)(=O)CC(=O)N2CCCc3ccccc32)sc2cc(OC)ccc21. The Balaban J connectivity index is 1.55. The molecule has 0 bridgehead atoms. The largest absolute Gasteiger partial charge is 0.497 e. The quantitative estimate of drug-likeness (QED) is 0.486. The van der Waals surface area contributed by atoms with Gasteiger partial charge in [0.05, 0.1) is 23.9 Å². The van der Waals surface area contributed by atoms with E-state index < -0.39 is 33.2 Å². The van der Waals surface area contributed by atoms with E-state index >= 15 is 0 Å². The second-order valence-corrected chi connectivity index (χ2v) is 10.9. The Morgan fingerprint density at radius 3 is 2.76 bits per heavy atom. The van der Waals surface area contributed by atoms with Crippen molar-refractivity contribution < 1.29 is 22.7 Å². The number of nitrogens with zero attached hydrogens (tertiary/aromatic N) is 3. The van der Waals surface area contributed by atoms with Gasteiger partial charge >= 0.3 is 0 Å². The van der Waals surface area contributed by atoms with Crippen LogP contribution in [0.5, 0.6) is 5.75 Å². The van der Waals surface area contributed by atoms with Crippen LogP contribution in [-0.4, -0.2) is 50.0 Å². The summed E-state index contributed by atoms with van der Waals surface area (Å²) in [4.78, 5) is 31.2. The molecule has 1 aliphatic rings. The summed E-state index contributed by atoms with van der Waals surface area (Å²) in [6.07, 6.45) is 7.06. The number of rotatable bonds is 6. The molecule has 0 spiro atoms. The molecule has 0 saturated carbocycles. The van der Waals surface area contributed by atoms with Crippen molar-refractivity contribution >= 4 is 48.9 Å². The van der Waals surface area contributed by atoms with Crippen LogP contribution in [0, 0.1) is 12.3 Å². The minimum Gasteiger partial charge on any atom is -0.497 e. The molecule has 0 atom stereocenters. The van der Waals surface area contributed by atoms with E-state index in [0.717, 1.165) is 34.3 Å². The minimum atomic E-state index is -4.02. The Kier molecular flexibility index (Phi) is 6.86. The molecule has 1 aliphatic heterocycles. The maximum atomic E-state index is 12.8. The highest BCUT2D eigenvalue weighted by atomic mass is 32.2. The van der Waals surface area contributed by atoms with Crippen LogP contribution in [0.1, 0.15) is 12.0 Å². The van der Waals surface area contributed by atoms with E-state index in [1.54, 1.807) is 35.9 Å². The molecule has 2 heterocycles. The second kappa shape index (κ2) is 9.83. The number of carbonyl (C=O) groups is 2. The molecule has 1 aromatic heterocycles. The first-order chi connectivity index (χ1) is 16.3. The molecule has 0 radical (unpaired) electrons. The van der Waals surface area contributed by atoms with Gasteiger partial charge in [-0.05, 0) is 42.7 Å². The predicted octanol–water partition coefficient (Wildman–Crippen LogP) is 2.17. The molecule has 0 saturated heterocycles. The fourth-order valence-corrected chi connectivity index (χ4v) is 6.10. The zero-order valence-corrected chi connectivity index (χ0v) is 20.2. The van der Waals surface area contributed by atoms with Crippen LogP contribution in [-0.2, 0) is 32.4 Å². The first kappa shape index (κ1) is 23.7. The Morgan fingerprint density at radius 2 is 2.00 bits per heavy atom. The summed E-state index contributed by atoms with van der Waals surface area (Å²) < 4.78 is 33.1. The average molecular weight is 498 g/mol. The number of hydrogen-bond donors (Lipinski definition) is 0. The molecule has 0 unspecified atom stereocenters. The molecule has 0 N–H and O–H groups in total. The number of methoxy groups -OCH3 is 1. The molecule has 176 valence electrons. The lowest BCUT2D eigenvalue weighted by atomic mass is 10.0. The third-order valence-corrected chi connectivity index (χ3v) is 7.87. The van der Waals surface area contributed by atoms with E-state index in [1.807, 2.05) is 18.2 Å². The molecule has 0 aliphatic carbocycles. The van der Waals surface area contributed by atoms with E-state index in [9.17, 15) is 18.0 Å². The standard InChI is InChI=1S/C24H23N3O5S2/c1-3-12-27-20-11-10-18(32-2)14-21(20)33-24(27)25-22(28)15-34(30,31)16-23(29)26-13-6-8-17-7-4-5-9-19(17)26/h1,4-5,7,9-11,14H,6,8,12-13,15-16H2,2H3. The van der Waals surface area contributed by atoms with Crippen molar-refractivity contribution in [3.8, 4) is 18.1 Å². The minimum absolute atomic E-state index is 0.165. The Morgan fingerprint density at radius 1 is 1.21 bits per heavy atom. The summed E-state index contributed by atoms with van der Waals surface area (Å²) in [6.45, 7) is 0.610. The van der Waals surface area contributed by atoms with Crippen LogP contribution in [0.2, 0.25) is 0 Å². The molecular weight excluding hydrogens is 474 g/mol. The third kappa shape index (κ3) is 5.05. The van der Waals surface area contributed by atoms with Gasteiger partial charge in [-0.1, -0.05) is 35.5 Å². The molecule has 2 amide bonds. The van der Waals surface area contributed by atoms with Gasteiger partial charge in [-0.2, -0.15) is 4.99 Å². The summed E-state index contributed by atoms with van der Waals surface area (Å²) in [5.74, 6) is 0.152. The molecular formula is C24H23N3O5S2. The number of hydrogen-bond acceptors (Lipinski definition) is 6. The summed E-state index contributed by atoms with van der Waals surface area (Å²) in [6, 6.07) is 12.8. The van der Waals surface area contributed by atoms with Gasteiger partial charge in [0.25, 0.3) is 5.91 Å². The molecule has 4 rings (SSSR count). The Hall–Kier alpha value is -3.42. The fourth-order valence-electron chi connectivity index (χ4n) is 3.95. The highest BCUT2D eigenvalue weighted by molar-refractivity contribution is 7.92. The summed E-state index contributed by atoms with van der Waals surface area (Å²) in [5, 5.41) is 0. The number of terminal acetylenes is 1. The molecule has 34 heavy (non-hydrogen) atoms. The van der Waals surface area contributed by atoms with Crippen LogP contribution in [0.3, 0.4) is 0 Å². The number of ether oxygens (including phenoxy) is 1. The number of anilines is 1. The highest BCUT2D eigenvalue weighted by Gasteiger charge is 2.28. The van der Waals surface area contributed by atoms with Gasteiger partial charge in [0.2, 0.25) is 5.91 Å². The summed E-state index contributed by atoms with van der Waals surface area (Å²) in [7, 11) is -2.47. The van der Waals surface area contributed by atoms with E-state index in [0.29, 0.717) is 12.3 Å². The molecule has 2 aromatic carbocycles. The highest BCUT2D eigenvalue weighted by Crippen LogP contribution is 2.27. The van der Waals surface area contributed by atoms with Crippen LogP contribution >= 0.6 is 11.3 Å². The van der Waals surface area contributed by atoms with Crippen LogP contribution < -0.4 is 14.4 Å². The number of amides is 2. The number of para-hydroxylation sites is 1. The van der Waals surface area contributed by atoms with E-state index in [1.165, 1.54) is 16.2 Å². The summed E-state index contributed by atoms with van der Waals surface area (Å²) >= 11 is 1.21. The first-order valence-corrected chi connectivity index (χ1v) is 13.2.